The van der Waals surface area contributed by atoms with Crippen LogP contribution >= 0.6 is 0 Å². The number of aromatic carboxylic acids is 1. The second-order valence-electron chi connectivity index (χ2n) is 4.78. The van der Waals surface area contributed by atoms with E-state index in [1.807, 2.05) is 6.07 Å². The molecule has 0 spiro atoms. The molecule has 1 aromatic heterocycles. The predicted octanol–water partition coefficient (Wildman–Crippen LogP) is 2.79. The Bertz CT molecular complexity index is 908. The summed E-state index contributed by atoms with van der Waals surface area (Å²) in [6, 6.07) is 12.9. The van der Waals surface area contributed by atoms with Crippen LogP contribution in [-0.2, 0) is 6.54 Å². The molecule has 0 bridgehead atoms. The lowest BCUT2D eigenvalue weighted by atomic mass is 10.1. The third kappa shape index (κ3) is 2.40. The number of carboxylic acids is 1. The third-order valence-electron chi connectivity index (χ3n) is 3.33. The van der Waals surface area contributed by atoms with Gasteiger partial charge in [0.1, 0.15) is 5.82 Å². The molecule has 0 saturated carbocycles. The lowest BCUT2D eigenvalue weighted by molar-refractivity contribution is 0.0691. The molecular weight excluding hydrogens is 285 g/mol. The third-order valence-corrected chi connectivity index (χ3v) is 3.33. The summed E-state index contributed by atoms with van der Waals surface area (Å²) in [5.74, 6) is -1.71. The Morgan fingerprint density at radius 2 is 2.00 bits per heavy atom. The molecule has 1 heterocycles. The van der Waals surface area contributed by atoms with Crippen molar-refractivity contribution in [1.29, 1.82) is 5.26 Å². The number of benzene rings is 2. The Hall–Kier alpha value is -3.20. The molecule has 0 fully saturated rings. The Morgan fingerprint density at radius 3 is 2.64 bits per heavy atom. The number of fused-ring (bicyclic) bond motifs is 1. The summed E-state index contributed by atoms with van der Waals surface area (Å²) in [7, 11) is 0. The normalized spacial score (nSPS) is 10.5. The maximum Gasteiger partial charge on any atom is 0.357 e. The van der Waals surface area contributed by atoms with Crippen molar-refractivity contribution in [2.75, 3.05) is 0 Å². The molecule has 108 valence electrons. The maximum absolute atomic E-state index is 13.3. The Morgan fingerprint density at radius 1 is 1.27 bits per heavy atom. The number of rotatable bonds is 3. The van der Waals surface area contributed by atoms with E-state index >= 15 is 0 Å². The predicted molar refractivity (Wildman–Crippen MR) is 76.9 cm³/mol. The number of halogens is 1. The van der Waals surface area contributed by atoms with Crippen LogP contribution in [0.1, 0.15) is 21.6 Å². The molecule has 0 atom stereocenters. The van der Waals surface area contributed by atoms with Gasteiger partial charge in [-0.2, -0.15) is 10.4 Å². The van der Waals surface area contributed by atoms with Gasteiger partial charge in [0.2, 0.25) is 0 Å². The zero-order valence-corrected chi connectivity index (χ0v) is 11.3. The Balaban J connectivity index is 2.06. The second-order valence-corrected chi connectivity index (χ2v) is 4.78. The van der Waals surface area contributed by atoms with Crippen molar-refractivity contribution in [3.8, 4) is 6.07 Å². The molecule has 0 unspecified atom stereocenters. The molecule has 22 heavy (non-hydrogen) atoms. The zero-order valence-electron chi connectivity index (χ0n) is 11.3. The molecule has 2 aromatic carbocycles. The summed E-state index contributed by atoms with van der Waals surface area (Å²) in [4.78, 5) is 11.2. The molecule has 5 nitrogen and oxygen atoms in total. The molecule has 0 aliphatic heterocycles. The fourth-order valence-corrected chi connectivity index (χ4v) is 2.29. The standard InChI is InChI=1S/C16H10FN3O2/c17-12-5-6-14-13(7-12)15(16(21)22)19-20(14)9-11-3-1-10(8-18)2-4-11/h1-7H,9H2,(H,21,22). The van der Waals surface area contributed by atoms with Crippen LogP contribution in [-0.4, -0.2) is 20.9 Å². The number of nitrogens with zero attached hydrogens (tertiary/aromatic N) is 3. The van der Waals surface area contributed by atoms with Crippen molar-refractivity contribution in [1.82, 2.24) is 9.78 Å². The highest BCUT2D eigenvalue weighted by Gasteiger charge is 2.17. The highest BCUT2D eigenvalue weighted by Crippen LogP contribution is 2.21. The van der Waals surface area contributed by atoms with Crippen LogP contribution in [0.15, 0.2) is 42.5 Å². The van der Waals surface area contributed by atoms with Crippen molar-refractivity contribution in [2.45, 2.75) is 6.54 Å². The monoisotopic (exact) mass is 295 g/mol. The summed E-state index contributed by atoms with van der Waals surface area (Å²) in [6.45, 7) is 0.334. The number of aromatic nitrogens is 2. The van der Waals surface area contributed by atoms with E-state index in [2.05, 4.69) is 5.10 Å². The molecule has 3 rings (SSSR count). The fraction of sp³-hybridized carbons (Fsp3) is 0.0625. The minimum atomic E-state index is -1.20. The van der Waals surface area contributed by atoms with Crippen molar-refractivity contribution in [2.24, 2.45) is 0 Å². The van der Waals surface area contributed by atoms with E-state index in [9.17, 15) is 14.3 Å². The molecule has 1 N–H and O–H groups in total. The number of carboxylic acid groups (broad SMARTS) is 1. The number of hydrogen-bond acceptors (Lipinski definition) is 3. The van der Waals surface area contributed by atoms with Gasteiger partial charge in [0.15, 0.2) is 5.69 Å². The van der Waals surface area contributed by atoms with Crippen LogP contribution < -0.4 is 0 Å². The first kappa shape index (κ1) is 13.8. The average Bonchev–Trinajstić information content (AvgIpc) is 2.86. The van der Waals surface area contributed by atoms with Crippen molar-refractivity contribution >= 4 is 16.9 Å². The lowest BCUT2D eigenvalue weighted by Gasteiger charge is -2.04. The molecule has 6 heteroatoms. The highest BCUT2D eigenvalue weighted by molar-refractivity contribution is 6.01. The Kier molecular flexibility index (Phi) is 3.31. The molecule has 0 aliphatic rings. The van der Waals surface area contributed by atoms with Crippen LogP contribution in [0.5, 0.6) is 0 Å². The van der Waals surface area contributed by atoms with E-state index in [4.69, 9.17) is 5.26 Å². The first-order valence-corrected chi connectivity index (χ1v) is 6.47. The number of hydrogen-bond donors (Lipinski definition) is 1. The topological polar surface area (TPSA) is 78.9 Å². The largest absolute Gasteiger partial charge is 0.476 e. The van der Waals surface area contributed by atoms with Gasteiger partial charge in [-0.1, -0.05) is 12.1 Å². The zero-order chi connectivity index (χ0) is 15.7. The molecule has 0 radical (unpaired) electrons. The summed E-state index contributed by atoms with van der Waals surface area (Å²) in [5.41, 5.74) is 1.78. The fourth-order valence-electron chi connectivity index (χ4n) is 2.29. The van der Waals surface area contributed by atoms with E-state index < -0.39 is 11.8 Å². The van der Waals surface area contributed by atoms with Gasteiger partial charge < -0.3 is 5.11 Å². The van der Waals surface area contributed by atoms with Crippen molar-refractivity contribution in [3.63, 3.8) is 0 Å². The SMILES string of the molecule is N#Cc1ccc(Cn2nc(C(=O)O)c3cc(F)ccc32)cc1. The molecular formula is C16H10FN3O2. The second kappa shape index (κ2) is 5.30. The van der Waals surface area contributed by atoms with Crippen LogP contribution in [0, 0.1) is 17.1 Å². The van der Waals surface area contributed by atoms with Crippen molar-refractivity contribution < 1.29 is 14.3 Å². The summed E-state index contributed by atoms with van der Waals surface area (Å²) >= 11 is 0. The van der Waals surface area contributed by atoms with Gasteiger partial charge >= 0.3 is 5.97 Å². The van der Waals surface area contributed by atoms with E-state index in [1.165, 1.54) is 22.9 Å². The van der Waals surface area contributed by atoms with E-state index in [0.717, 1.165) is 5.56 Å². The number of nitriles is 1. The summed E-state index contributed by atoms with van der Waals surface area (Å²) in [5, 5.41) is 22.3. The first-order chi connectivity index (χ1) is 10.6. The van der Waals surface area contributed by atoms with Gasteiger partial charge in [0.05, 0.1) is 23.7 Å². The van der Waals surface area contributed by atoms with Gasteiger partial charge in [0.25, 0.3) is 0 Å². The van der Waals surface area contributed by atoms with Gasteiger partial charge in [-0.15, -0.1) is 0 Å². The summed E-state index contributed by atoms with van der Waals surface area (Å²) < 4.78 is 14.9. The molecule has 3 aromatic rings. The van der Waals surface area contributed by atoms with Crippen LogP contribution in [0.3, 0.4) is 0 Å². The van der Waals surface area contributed by atoms with Crippen LogP contribution in [0.4, 0.5) is 4.39 Å². The highest BCUT2D eigenvalue weighted by atomic mass is 19.1. The quantitative estimate of drug-likeness (QED) is 0.805. The molecule has 0 aliphatic carbocycles. The molecule has 0 amide bonds. The molecule has 0 saturated heterocycles. The minimum absolute atomic E-state index is 0.178. The maximum atomic E-state index is 13.3. The van der Waals surface area contributed by atoms with Gasteiger partial charge in [-0.3, -0.25) is 4.68 Å². The van der Waals surface area contributed by atoms with E-state index in [0.29, 0.717) is 17.6 Å². The van der Waals surface area contributed by atoms with Gasteiger partial charge in [-0.05, 0) is 35.9 Å². The van der Waals surface area contributed by atoms with E-state index in [1.54, 1.807) is 24.3 Å². The van der Waals surface area contributed by atoms with Gasteiger partial charge in [-0.25, -0.2) is 9.18 Å². The van der Waals surface area contributed by atoms with Crippen LogP contribution in [0.25, 0.3) is 10.9 Å². The van der Waals surface area contributed by atoms with E-state index in [-0.39, 0.29) is 11.1 Å². The number of carbonyl (C=O) groups is 1. The lowest BCUT2D eigenvalue weighted by Crippen LogP contribution is -2.04. The van der Waals surface area contributed by atoms with Gasteiger partial charge in [0, 0.05) is 5.39 Å². The minimum Gasteiger partial charge on any atom is -0.476 e. The van der Waals surface area contributed by atoms with Crippen molar-refractivity contribution in [3.05, 3.63) is 65.1 Å². The average molecular weight is 295 g/mol. The Labute approximate surface area is 124 Å². The summed E-state index contributed by atoms with van der Waals surface area (Å²) in [6.07, 6.45) is 0. The smallest absolute Gasteiger partial charge is 0.357 e. The first-order valence-electron chi connectivity index (χ1n) is 6.47. The van der Waals surface area contributed by atoms with Crippen LogP contribution in [0.2, 0.25) is 0 Å².